The van der Waals surface area contributed by atoms with Gasteiger partial charge in [0.1, 0.15) is 28.9 Å². The van der Waals surface area contributed by atoms with Gasteiger partial charge in [-0.3, -0.25) is 20.2 Å². The van der Waals surface area contributed by atoms with E-state index in [1.807, 2.05) is 78.9 Å². The molecule has 2 N–H and O–H groups in total. The Balaban J connectivity index is 1.12. The maximum Gasteiger partial charge on any atom is 0.299 e. The van der Waals surface area contributed by atoms with E-state index in [-0.39, 0.29) is 36.9 Å². The van der Waals surface area contributed by atoms with Crippen molar-refractivity contribution in [1.82, 2.24) is 0 Å². The first-order valence-electron chi connectivity index (χ1n) is 17.4. The summed E-state index contributed by atoms with van der Waals surface area (Å²) in [5.41, 5.74) is 1.08. The molecule has 15 nitrogen and oxygen atoms in total. The van der Waals surface area contributed by atoms with Gasteiger partial charge in [0.15, 0.2) is 0 Å². The lowest BCUT2D eigenvalue weighted by atomic mass is 9.80. The third-order valence-electron chi connectivity index (χ3n) is 8.26. The summed E-state index contributed by atoms with van der Waals surface area (Å²) < 4.78 is 39.8. The lowest BCUT2D eigenvalue weighted by Crippen LogP contribution is -2.36. The van der Waals surface area contributed by atoms with Crippen molar-refractivity contribution >= 4 is 17.1 Å². The van der Waals surface area contributed by atoms with E-state index < -0.39 is 21.6 Å². The van der Waals surface area contributed by atoms with Gasteiger partial charge < -0.3 is 43.6 Å². The van der Waals surface area contributed by atoms with E-state index in [9.17, 15) is 25.3 Å². The maximum atomic E-state index is 11.2. The molecule has 15 heteroatoms. The van der Waals surface area contributed by atoms with Gasteiger partial charge in [0.25, 0.3) is 11.4 Å². The molecule has 0 unspecified atom stereocenters. The molecule has 0 saturated carbocycles. The molecular formula is C39H47N3O12. The molecule has 0 bridgehead atoms. The van der Waals surface area contributed by atoms with Crippen LogP contribution in [0.3, 0.4) is 0 Å². The third-order valence-corrected chi connectivity index (χ3v) is 8.26. The molecule has 0 heterocycles. The van der Waals surface area contributed by atoms with E-state index in [0.717, 1.165) is 22.8 Å². The van der Waals surface area contributed by atoms with Crippen molar-refractivity contribution < 1.29 is 48.1 Å². The van der Waals surface area contributed by atoms with Gasteiger partial charge in [-0.1, -0.05) is 54.6 Å². The van der Waals surface area contributed by atoms with Crippen molar-refractivity contribution in [2.75, 3.05) is 85.5 Å². The SMILES string of the molecule is COc1ccc(C(OC[C@@H](O)COCCOCCOCCOCCCNc2ccc([N+](=O)[O-])cc2[N+](=O)[O-])(c2ccccc2)c2ccc(OC)cc2)cc1. The Morgan fingerprint density at radius 1 is 0.648 bits per heavy atom. The minimum Gasteiger partial charge on any atom is -0.497 e. The second-order valence-electron chi connectivity index (χ2n) is 11.9. The van der Waals surface area contributed by atoms with E-state index in [4.69, 9.17) is 33.2 Å². The van der Waals surface area contributed by atoms with E-state index in [1.54, 1.807) is 14.2 Å². The van der Waals surface area contributed by atoms with E-state index in [0.29, 0.717) is 64.1 Å². The Kier molecular flexibility index (Phi) is 17.1. The predicted molar refractivity (Wildman–Crippen MR) is 200 cm³/mol. The minimum atomic E-state index is -1.05. The summed E-state index contributed by atoms with van der Waals surface area (Å²) in [6, 6.07) is 28.7. The fraction of sp³-hybridized carbons (Fsp3) is 0.385. The van der Waals surface area contributed by atoms with Crippen LogP contribution in [0.1, 0.15) is 23.1 Å². The van der Waals surface area contributed by atoms with Crippen molar-refractivity contribution in [3.05, 3.63) is 134 Å². The molecule has 0 spiro atoms. The van der Waals surface area contributed by atoms with Gasteiger partial charge in [0, 0.05) is 19.2 Å². The van der Waals surface area contributed by atoms with Crippen LogP contribution in [0.4, 0.5) is 17.1 Å². The van der Waals surface area contributed by atoms with Gasteiger partial charge in [0.2, 0.25) is 0 Å². The number of hydrogen-bond donors (Lipinski definition) is 2. The van der Waals surface area contributed by atoms with Crippen molar-refractivity contribution in [2.24, 2.45) is 0 Å². The van der Waals surface area contributed by atoms with Crippen LogP contribution in [0.15, 0.2) is 97.1 Å². The molecule has 4 aromatic carbocycles. The van der Waals surface area contributed by atoms with E-state index >= 15 is 0 Å². The number of benzene rings is 4. The van der Waals surface area contributed by atoms with Gasteiger partial charge >= 0.3 is 0 Å². The molecule has 1 atom stereocenters. The number of nitro groups is 2. The quantitative estimate of drug-likeness (QED) is 0.0342. The van der Waals surface area contributed by atoms with Crippen LogP contribution in [-0.2, 0) is 29.3 Å². The number of aliphatic hydroxyl groups excluding tert-OH is 1. The van der Waals surface area contributed by atoms with Crippen LogP contribution in [-0.4, -0.2) is 101 Å². The van der Waals surface area contributed by atoms with Gasteiger partial charge in [0.05, 0.1) is 83.0 Å². The molecule has 0 amide bonds. The van der Waals surface area contributed by atoms with Crippen LogP contribution in [0.5, 0.6) is 11.5 Å². The Morgan fingerprint density at radius 3 is 1.69 bits per heavy atom. The number of nitrogens with zero attached hydrogens (tertiary/aromatic N) is 2. The minimum absolute atomic E-state index is 0.0114. The number of nitro benzene ring substituents is 2. The molecule has 4 aromatic rings. The average Bonchev–Trinajstić information content (AvgIpc) is 3.20. The van der Waals surface area contributed by atoms with Gasteiger partial charge in [-0.2, -0.15) is 0 Å². The number of methoxy groups -OCH3 is 2. The third kappa shape index (κ3) is 12.2. The highest BCUT2D eigenvalue weighted by Gasteiger charge is 2.38. The Morgan fingerprint density at radius 2 is 1.17 bits per heavy atom. The van der Waals surface area contributed by atoms with Gasteiger partial charge in [-0.15, -0.1) is 0 Å². The molecule has 0 saturated heterocycles. The Hall–Kier alpha value is -5.16. The summed E-state index contributed by atoms with van der Waals surface area (Å²) >= 11 is 0. The zero-order valence-corrected chi connectivity index (χ0v) is 30.4. The topological polar surface area (TPSA) is 183 Å². The zero-order chi connectivity index (χ0) is 38.6. The Labute approximate surface area is 314 Å². The summed E-state index contributed by atoms with van der Waals surface area (Å²) in [5, 5.41) is 35.9. The highest BCUT2D eigenvalue weighted by atomic mass is 16.6. The number of aliphatic hydroxyl groups is 1. The molecule has 0 aliphatic rings. The monoisotopic (exact) mass is 749 g/mol. The lowest BCUT2D eigenvalue weighted by molar-refractivity contribution is -0.393. The van der Waals surface area contributed by atoms with Crippen molar-refractivity contribution in [1.29, 1.82) is 0 Å². The summed E-state index contributed by atoms with van der Waals surface area (Å²) in [5.74, 6) is 1.43. The van der Waals surface area contributed by atoms with Gasteiger partial charge in [-0.05, 0) is 53.4 Å². The molecule has 0 aliphatic carbocycles. The molecule has 54 heavy (non-hydrogen) atoms. The summed E-state index contributed by atoms with van der Waals surface area (Å²) in [6.07, 6.45) is -0.346. The highest BCUT2D eigenvalue weighted by molar-refractivity contribution is 5.65. The van der Waals surface area contributed by atoms with Crippen molar-refractivity contribution in [3.63, 3.8) is 0 Å². The van der Waals surface area contributed by atoms with Gasteiger partial charge in [-0.25, -0.2) is 0 Å². The first kappa shape index (κ1) is 41.6. The number of rotatable bonds is 26. The molecule has 290 valence electrons. The second-order valence-corrected chi connectivity index (χ2v) is 11.9. The molecule has 0 aromatic heterocycles. The first-order valence-corrected chi connectivity index (χ1v) is 17.4. The van der Waals surface area contributed by atoms with Crippen LogP contribution in [0, 0.1) is 20.2 Å². The van der Waals surface area contributed by atoms with Crippen LogP contribution in [0.25, 0.3) is 0 Å². The fourth-order valence-corrected chi connectivity index (χ4v) is 5.55. The van der Waals surface area contributed by atoms with E-state index in [1.165, 1.54) is 12.1 Å². The maximum absolute atomic E-state index is 11.2. The highest BCUT2D eigenvalue weighted by Crippen LogP contribution is 2.41. The number of ether oxygens (including phenoxy) is 7. The number of hydrogen-bond acceptors (Lipinski definition) is 13. The zero-order valence-electron chi connectivity index (χ0n) is 30.4. The average molecular weight is 750 g/mol. The van der Waals surface area contributed by atoms with Crippen LogP contribution in [0.2, 0.25) is 0 Å². The number of non-ortho nitro benzene ring substituents is 1. The second kappa shape index (κ2) is 22.1. The van der Waals surface area contributed by atoms with Crippen LogP contribution >= 0.6 is 0 Å². The molecular weight excluding hydrogens is 702 g/mol. The lowest BCUT2D eigenvalue weighted by Gasteiger charge is -2.36. The first-order chi connectivity index (χ1) is 26.3. The molecule has 0 radical (unpaired) electrons. The normalized spacial score (nSPS) is 11.9. The van der Waals surface area contributed by atoms with Crippen molar-refractivity contribution in [2.45, 2.75) is 18.1 Å². The molecule has 4 rings (SSSR count). The largest absolute Gasteiger partial charge is 0.497 e. The standard InChI is InChI=1S/C39H47N3O12/c1-48-35-14-9-31(10-15-35)39(30-7-4-3-5-8-30,32-11-16-36(49-2)17-12-32)54-29-34(43)28-53-26-25-52-24-23-51-22-21-50-20-6-19-40-37-18-13-33(41(44)45)27-38(37)42(46)47/h3-5,7-18,27,34,40,43H,6,19-26,28-29H2,1-2H3/t34-/m0/s1. The van der Waals surface area contributed by atoms with Crippen LogP contribution < -0.4 is 14.8 Å². The predicted octanol–water partition coefficient (Wildman–Crippen LogP) is 5.76. The molecule has 0 fully saturated rings. The van der Waals surface area contributed by atoms with Crippen molar-refractivity contribution in [3.8, 4) is 11.5 Å². The smallest absolute Gasteiger partial charge is 0.299 e. The number of nitrogens with one attached hydrogen (secondary N) is 1. The number of anilines is 1. The summed E-state index contributed by atoms with van der Waals surface area (Å²) in [7, 11) is 3.24. The summed E-state index contributed by atoms with van der Waals surface area (Å²) in [6.45, 7) is 2.88. The molecule has 0 aliphatic heterocycles. The summed E-state index contributed by atoms with van der Waals surface area (Å²) in [4.78, 5) is 20.8. The fourth-order valence-electron chi connectivity index (χ4n) is 5.55. The Bertz CT molecular complexity index is 1660. The van der Waals surface area contributed by atoms with E-state index in [2.05, 4.69) is 5.32 Å².